The number of hydrogen-bond donors (Lipinski definition) is 1. The number of alkyl halides is 1. The summed E-state index contributed by atoms with van der Waals surface area (Å²) in [5.74, 6) is 0.0810. The smallest absolute Gasteiger partial charge is 0.227 e. The quantitative estimate of drug-likeness (QED) is 0.634. The number of carbonyl (C=O) groups is 1. The summed E-state index contributed by atoms with van der Waals surface area (Å²) in [5, 5.41) is 2.78. The minimum atomic E-state index is -0.329. The van der Waals surface area contributed by atoms with Gasteiger partial charge in [0.1, 0.15) is 0 Å². The highest BCUT2D eigenvalue weighted by molar-refractivity contribution is 6.29. The van der Waals surface area contributed by atoms with Gasteiger partial charge in [0, 0.05) is 6.54 Å². The molecule has 0 aromatic rings. The number of halogens is 1. The Labute approximate surface area is 72.3 Å². The molecule has 11 heavy (non-hydrogen) atoms. The molecular weight excluding hydrogens is 162 g/mol. The summed E-state index contributed by atoms with van der Waals surface area (Å²) in [4.78, 5) is 11.0. The fraction of sp³-hybridized carbons (Fsp3) is 0.875. The maximum Gasteiger partial charge on any atom is 0.227 e. The van der Waals surface area contributed by atoms with E-state index < -0.39 is 0 Å². The van der Waals surface area contributed by atoms with Crippen molar-refractivity contribution in [3.63, 3.8) is 0 Å². The van der Waals surface area contributed by atoms with Crippen molar-refractivity contribution in [2.24, 2.45) is 5.41 Å². The van der Waals surface area contributed by atoms with Crippen molar-refractivity contribution < 1.29 is 4.79 Å². The van der Waals surface area contributed by atoms with Crippen LogP contribution in [-0.2, 0) is 4.79 Å². The van der Waals surface area contributed by atoms with Crippen LogP contribution in [0.2, 0.25) is 0 Å². The van der Waals surface area contributed by atoms with E-state index in [1.165, 1.54) is 0 Å². The van der Waals surface area contributed by atoms with Crippen molar-refractivity contribution in [2.75, 3.05) is 6.54 Å². The van der Waals surface area contributed by atoms with Gasteiger partial charge in [0.25, 0.3) is 0 Å². The molecule has 64 valence electrons. The summed E-state index contributed by atoms with van der Waals surface area (Å²) in [6, 6.07) is 0. The topological polar surface area (TPSA) is 29.1 Å². The summed E-state index contributed by atoms with van der Waals surface area (Å²) in [5.41, 5.74) is -0.329. The van der Waals surface area contributed by atoms with Gasteiger partial charge < -0.3 is 5.32 Å². The van der Waals surface area contributed by atoms with E-state index in [1.54, 1.807) is 0 Å². The van der Waals surface area contributed by atoms with Gasteiger partial charge in [-0.15, -0.1) is 11.6 Å². The molecule has 0 saturated heterocycles. The zero-order valence-electron chi connectivity index (χ0n) is 7.20. The Morgan fingerprint density at radius 3 is 2.36 bits per heavy atom. The zero-order chi connectivity index (χ0) is 8.70. The lowest BCUT2D eigenvalue weighted by Gasteiger charge is -2.11. The van der Waals surface area contributed by atoms with Crippen LogP contribution in [0.25, 0.3) is 0 Å². The SMILES string of the molecule is CCNC(=O)C1(C)CC1(C)Cl. The highest BCUT2D eigenvalue weighted by Crippen LogP contribution is 2.60. The largest absolute Gasteiger partial charge is 0.356 e. The predicted molar refractivity (Wildman–Crippen MR) is 45.7 cm³/mol. The first-order valence-electron chi connectivity index (χ1n) is 3.91. The van der Waals surface area contributed by atoms with Gasteiger partial charge in [0.05, 0.1) is 10.3 Å². The average molecular weight is 176 g/mol. The van der Waals surface area contributed by atoms with Gasteiger partial charge in [-0.1, -0.05) is 0 Å². The summed E-state index contributed by atoms with van der Waals surface area (Å²) in [6.07, 6.45) is 0.785. The normalized spacial score (nSPS) is 41.8. The minimum absolute atomic E-state index is 0.0810. The Bertz CT molecular complexity index is 191. The zero-order valence-corrected chi connectivity index (χ0v) is 7.96. The molecule has 0 aliphatic heterocycles. The third kappa shape index (κ3) is 1.24. The van der Waals surface area contributed by atoms with Crippen molar-refractivity contribution in [1.82, 2.24) is 5.32 Å². The van der Waals surface area contributed by atoms with E-state index in [1.807, 2.05) is 20.8 Å². The Morgan fingerprint density at radius 2 is 2.09 bits per heavy atom. The standard InChI is InChI=1S/C8H14ClNO/c1-4-10-6(11)7(2)5-8(7,3)9/h4-5H2,1-3H3,(H,10,11). The van der Waals surface area contributed by atoms with Gasteiger partial charge in [-0.2, -0.15) is 0 Å². The Morgan fingerprint density at radius 1 is 1.64 bits per heavy atom. The van der Waals surface area contributed by atoms with E-state index in [2.05, 4.69) is 5.32 Å². The second-order valence-electron chi connectivity index (χ2n) is 3.57. The van der Waals surface area contributed by atoms with Gasteiger partial charge in [-0.3, -0.25) is 4.79 Å². The number of hydrogen-bond acceptors (Lipinski definition) is 1. The molecule has 2 atom stereocenters. The van der Waals surface area contributed by atoms with Gasteiger partial charge in [-0.05, 0) is 27.2 Å². The summed E-state index contributed by atoms with van der Waals surface area (Å²) < 4.78 is 0. The predicted octanol–water partition coefficient (Wildman–Crippen LogP) is 1.53. The van der Waals surface area contributed by atoms with E-state index in [-0.39, 0.29) is 16.2 Å². The molecule has 1 saturated carbocycles. The van der Waals surface area contributed by atoms with E-state index in [9.17, 15) is 4.79 Å². The monoisotopic (exact) mass is 175 g/mol. The summed E-state index contributed by atoms with van der Waals surface area (Å²) in [7, 11) is 0. The van der Waals surface area contributed by atoms with E-state index in [0.717, 1.165) is 6.42 Å². The lowest BCUT2D eigenvalue weighted by molar-refractivity contribution is -0.125. The molecule has 0 aromatic carbocycles. The molecule has 1 amide bonds. The molecule has 0 radical (unpaired) electrons. The van der Waals surface area contributed by atoms with Gasteiger partial charge in [0.2, 0.25) is 5.91 Å². The molecule has 1 rings (SSSR count). The van der Waals surface area contributed by atoms with E-state index in [4.69, 9.17) is 11.6 Å². The van der Waals surface area contributed by atoms with Crippen molar-refractivity contribution >= 4 is 17.5 Å². The van der Waals surface area contributed by atoms with Crippen molar-refractivity contribution in [1.29, 1.82) is 0 Å². The molecule has 3 heteroatoms. The van der Waals surface area contributed by atoms with Gasteiger partial charge in [-0.25, -0.2) is 0 Å². The molecule has 1 aliphatic rings. The Kier molecular flexibility index (Phi) is 1.91. The molecule has 1 N–H and O–H groups in total. The summed E-state index contributed by atoms with van der Waals surface area (Å²) >= 11 is 6.02. The third-order valence-electron chi connectivity index (χ3n) is 2.55. The first-order valence-corrected chi connectivity index (χ1v) is 4.29. The maximum atomic E-state index is 11.3. The van der Waals surface area contributed by atoms with Crippen LogP contribution in [0.1, 0.15) is 27.2 Å². The fourth-order valence-corrected chi connectivity index (χ4v) is 1.65. The molecular formula is C8H14ClNO. The summed E-state index contributed by atoms with van der Waals surface area (Å²) in [6.45, 7) is 6.41. The van der Waals surface area contributed by atoms with Crippen LogP contribution < -0.4 is 5.32 Å². The molecule has 0 aromatic heterocycles. The van der Waals surface area contributed by atoms with Crippen LogP contribution in [0.5, 0.6) is 0 Å². The van der Waals surface area contributed by atoms with Crippen molar-refractivity contribution in [3.05, 3.63) is 0 Å². The van der Waals surface area contributed by atoms with Crippen LogP contribution in [0.15, 0.2) is 0 Å². The molecule has 1 aliphatic carbocycles. The number of nitrogens with one attached hydrogen (secondary N) is 1. The highest BCUT2D eigenvalue weighted by atomic mass is 35.5. The van der Waals surface area contributed by atoms with Crippen molar-refractivity contribution in [2.45, 2.75) is 32.1 Å². The highest BCUT2D eigenvalue weighted by Gasteiger charge is 2.64. The minimum Gasteiger partial charge on any atom is -0.356 e. The second kappa shape index (κ2) is 2.37. The van der Waals surface area contributed by atoms with Crippen LogP contribution in [0.4, 0.5) is 0 Å². The van der Waals surface area contributed by atoms with Crippen LogP contribution in [0.3, 0.4) is 0 Å². The van der Waals surface area contributed by atoms with Gasteiger partial charge in [0.15, 0.2) is 0 Å². The van der Waals surface area contributed by atoms with Crippen LogP contribution in [-0.4, -0.2) is 17.3 Å². The molecule has 2 unspecified atom stereocenters. The first kappa shape index (κ1) is 8.85. The van der Waals surface area contributed by atoms with E-state index in [0.29, 0.717) is 6.54 Å². The average Bonchev–Trinajstić information content (AvgIpc) is 2.35. The molecule has 0 heterocycles. The number of amides is 1. The molecule has 0 bridgehead atoms. The maximum absolute atomic E-state index is 11.3. The lowest BCUT2D eigenvalue weighted by atomic mass is 10.1. The molecule has 2 nitrogen and oxygen atoms in total. The third-order valence-corrected chi connectivity index (χ3v) is 3.10. The Balaban J connectivity index is 2.57. The number of rotatable bonds is 2. The van der Waals surface area contributed by atoms with Crippen LogP contribution >= 0.6 is 11.6 Å². The van der Waals surface area contributed by atoms with Crippen LogP contribution in [0, 0.1) is 5.41 Å². The Hall–Kier alpha value is -0.240. The molecule has 0 spiro atoms. The first-order chi connectivity index (χ1) is 4.94. The van der Waals surface area contributed by atoms with Crippen molar-refractivity contribution in [3.8, 4) is 0 Å². The van der Waals surface area contributed by atoms with Gasteiger partial charge >= 0.3 is 0 Å². The molecule has 1 fully saturated rings. The second-order valence-corrected chi connectivity index (χ2v) is 4.40. The number of carbonyl (C=O) groups excluding carboxylic acids is 1. The fourth-order valence-electron chi connectivity index (χ4n) is 1.29. The lowest BCUT2D eigenvalue weighted by Crippen LogP contribution is -2.33. The van der Waals surface area contributed by atoms with E-state index >= 15 is 0 Å².